The molecule has 2 heterocycles. The molecule has 1 unspecified atom stereocenters. The monoisotopic (exact) mass is 623 g/mol. The topological polar surface area (TPSA) is 12.5 Å². The number of benzene rings is 7. The van der Waals surface area contributed by atoms with Crippen LogP contribution >= 0.6 is 7.92 Å². The summed E-state index contributed by atoms with van der Waals surface area (Å²) in [6, 6.07) is 67.0. The van der Waals surface area contributed by atoms with Crippen molar-refractivity contribution < 1.29 is 4.74 Å². The molecular formula is C42H30NOPSi. The summed E-state index contributed by atoms with van der Waals surface area (Å²) >= 11 is 0. The summed E-state index contributed by atoms with van der Waals surface area (Å²) in [6.07, 6.45) is 0. The second kappa shape index (κ2) is 11.0. The molecule has 0 fully saturated rings. The van der Waals surface area contributed by atoms with E-state index in [4.69, 9.17) is 4.74 Å². The molecule has 0 aromatic heterocycles. The quantitative estimate of drug-likeness (QED) is 0.160. The van der Waals surface area contributed by atoms with Gasteiger partial charge in [0.1, 0.15) is 0 Å². The molecule has 2 aliphatic heterocycles. The fraction of sp³-hybridized carbons (Fsp3) is 0. The third-order valence-electron chi connectivity index (χ3n) is 9.29. The van der Waals surface area contributed by atoms with Gasteiger partial charge in [-0.05, 0) is 81.0 Å². The Morgan fingerprint density at radius 2 is 0.935 bits per heavy atom. The lowest BCUT2D eigenvalue weighted by atomic mass is 10.1. The number of fused-ring (bicyclic) bond motifs is 4. The number of rotatable bonds is 4. The minimum absolute atomic E-state index is 0.781. The van der Waals surface area contributed by atoms with E-state index in [0.29, 0.717) is 0 Å². The minimum Gasteiger partial charge on any atom is -0.453 e. The molecule has 9 rings (SSSR count). The molecule has 0 amide bonds. The standard InChI is InChI=1S/C42H30NOPSi/c1-4-16-32(17-5-1)45-39-26-14-15-27-41(39)46(33-18-6-2-7-19-33,34-20-8-3-9-21-34)42-30-31(28-29-40(42)45)43-35-22-10-12-24-37(35)44-38-25-13-11-23-36(38)43/h1-30H. The molecule has 7 aromatic rings. The zero-order valence-corrected chi connectivity index (χ0v) is 27.0. The average Bonchev–Trinajstić information content (AvgIpc) is 3.14. The molecule has 0 aliphatic carbocycles. The predicted octanol–water partition coefficient (Wildman–Crippen LogP) is 6.71. The van der Waals surface area contributed by atoms with Crippen LogP contribution in [0.3, 0.4) is 0 Å². The highest BCUT2D eigenvalue weighted by Gasteiger charge is 2.49. The molecule has 0 saturated carbocycles. The maximum Gasteiger partial charge on any atom is 0.181 e. The Morgan fingerprint density at radius 3 is 1.57 bits per heavy atom. The van der Waals surface area contributed by atoms with Crippen LogP contribution in [0.4, 0.5) is 17.1 Å². The van der Waals surface area contributed by atoms with Crippen molar-refractivity contribution in [2.24, 2.45) is 0 Å². The van der Waals surface area contributed by atoms with Gasteiger partial charge in [0.15, 0.2) is 19.6 Å². The van der Waals surface area contributed by atoms with Crippen molar-refractivity contribution in [1.29, 1.82) is 0 Å². The average molecular weight is 624 g/mol. The van der Waals surface area contributed by atoms with E-state index in [-0.39, 0.29) is 0 Å². The Morgan fingerprint density at radius 1 is 0.435 bits per heavy atom. The maximum atomic E-state index is 6.41. The van der Waals surface area contributed by atoms with Gasteiger partial charge in [-0.15, -0.1) is 0 Å². The molecule has 0 bridgehead atoms. The third kappa shape index (κ3) is 4.06. The van der Waals surface area contributed by atoms with E-state index in [1.807, 2.05) is 12.1 Å². The first-order valence-electron chi connectivity index (χ1n) is 15.7. The molecule has 46 heavy (non-hydrogen) atoms. The van der Waals surface area contributed by atoms with Crippen LogP contribution in [0.2, 0.25) is 0 Å². The van der Waals surface area contributed by atoms with Crippen molar-refractivity contribution in [3.63, 3.8) is 0 Å². The molecule has 4 heteroatoms. The van der Waals surface area contributed by atoms with Crippen molar-refractivity contribution in [3.05, 3.63) is 182 Å². The van der Waals surface area contributed by atoms with Crippen LogP contribution in [0.25, 0.3) is 0 Å². The highest BCUT2D eigenvalue weighted by Crippen LogP contribution is 2.50. The number of hydrogen-bond donors (Lipinski definition) is 0. The zero-order valence-electron chi connectivity index (χ0n) is 25.1. The van der Waals surface area contributed by atoms with E-state index in [1.54, 1.807) is 0 Å². The minimum atomic E-state index is -2.77. The fourth-order valence-corrected chi connectivity index (χ4v) is 16.4. The van der Waals surface area contributed by atoms with Crippen molar-refractivity contribution in [3.8, 4) is 11.5 Å². The maximum absolute atomic E-state index is 6.41. The third-order valence-corrected chi connectivity index (χ3v) is 17.1. The number of hydrogen-bond acceptors (Lipinski definition) is 2. The van der Waals surface area contributed by atoms with Gasteiger partial charge in [-0.1, -0.05) is 146 Å². The smallest absolute Gasteiger partial charge is 0.181 e. The normalized spacial score (nSPS) is 15.5. The second-order valence-corrected chi connectivity index (χ2v) is 17.6. The Balaban J connectivity index is 1.40. The second-order valence-electron chi connectivity index (χ2n) is 11.7. The lowest BCUT2D eigenvalue weighted by Gasteiger charge is -2.44. The molecule has 0 spiro atoms. The lowest BCUT2D eigenvalue weighted by Crippen LogP contribution is -2.81. The SMILES string of the molecule is c1ccc(P2c3ccccc3[Si](c3ccccc3)(c3ccccc3)c3cc(N4c5ccccc5Oc5ccccc54)ccc32)cc1. The Hall–Kier alpha value is -5.21. The first kappa shape index (κ1) is 27.1. The zero-order chi connectivity index (χ0) is 30.5. The Bertz CT molecular complexity index is 2120. The first-order chi connectivity index (χ1) is 22.8. The van der Waals surface area contributed by atoms with Gasteiger partial charge in [0.2, 0.25) is 0 Å². The van der Waals surface area contributed by atoms with Crippen LogP contribution in [0.1, 0.15) is 0 Å². The highest BCUT2D eigenvalue weighted by molar-refractivity contribution is 7.81. The number of para-hydroxylation sites is 4. The summed E-state index contributed by atoms with van der Waals surface area (Å²) in [6.45, 7) is 0. The highest BCUT2D eigenvalue weighted by atomic mass is 31.1. The van der Waals surface area contributed by atoms with E-state index in [2.05, 4.69) is 175 Å². The molecule has 218 valence electrons. The van der Waals surface area contributed by atoms with Crippen LogP contribution in [0.5, 0.6) is 11.5 Å². The van der Waals surface area contributed by atoms with Crippen molar-refractivity contribution in [2.75, 3.05) is 4.90 Å². The van der Waals surface area contributed by atoms with Gasteiger partial charge in [-0.2, -0.15) is 0 Å². The van der Waals surface area contributed by atoms with Crippen molar-refractivity contribution >= 4 is 69.7 Å². The molecular weight excluding hydrogens is 594 g/mol. The largest absolute Gasteiger partial charge is 0.453 e. The van der Waals surface area contributed by atoms with Gasteiger partial charge in [0.25, 0.3) is 0 Å². The van der Waals surface area contributed by atoms with Crippen molar-refractivity contribution in [1.82, 2.24) is 0 Å². The van der Waals surface area contributed by atoms with E-state index in [9.17, 15) is 0 Å². The van der Waals surface area contributed by atoms with E-state index in [0.717, 1.165) is 28.6 Å². The fourth-order valence-electron chi connectivity index (χ4n) is 7.42. The van der Waals surface area contributed by atoms with Gasteiger partial charge in [0.05, 0.1) is 11.4 Å². The van der Waals surface area contributed by atoms with Crippen LogP contribution in [-0.2, 0) is 0 Å². The summed E-state index contributed by atoms with van der Waals surface area (Å²) in [5, 5.41) is 10.0. The molecule has 7 aromatic carbocycles. The predicted molar refractivity (Wildman–Crippen MR) is 197 cm³/mol. The molecule has 0 saturated heterocycles. The molecule has 2 aliphatic rings. The van der Waals surface area contributed by atoms with E-state index in [1.165, 1.54) is 36.7 Å². The van der Waals surface area contributed by atoms with E-state index < -0.39 is 16.0 Å². The number of ether oxygens (including phenoxy) is 1. The molecule has 0 radical (unpaired) electrons. The van der Waals surface area contributed by atoms with Crippen LogP contribution < -0.4 is 46.3 Å². The Labute approximate surface area is 272 Å². The first-order valence-corrected chi connectivity index (χ1v) is 19.0. The summed E-state index contributed by atoms with van der Waals surface area (Å²) in [4.78, 5) is 2.38. The molecule has 0 N–H and O–H groups in total. The number of anilines is 3. The molecule has 2 nitrogen and oxygen atoms in total. The lowest BCUT2D eigenvalue weighted by molar-refractivity contribution is 0.477. The van der Waals surface area contributed by atoms with Crippen molar-refractivity contribution in [2.45, 2.75) is 0 Å². The van der Waals surface area contributed by atoms with Crippen LogP contribution in [-0.4, -0.2) is 8.07 Å². The Kier molecular flexibility index (Phi) is 6.48. The van der Waals surface area contributed by atoms with Gasteiger partial charge in [-0.3, -0.25) is 0 Å². The number of nitrogens with zero attached hydrogens (tertiary/aromatic N) is 1. The summed E-state index contributed by atoms with van der Waals surface area (Å²) in [5.41, 5.74) is 3.25. The van der Waals surface area contributed by atoms with Gasteiger partial charge < -0.3 is 9.64 Å². The van der Waals surface area contributed by atoms with Crippen LogP contribution in [0.15, 0.2) is 182 Å². The van der Waals surface area contributed by atoms with Gasteiger partial charge in [0, 0.05) is 5.69 Å². The summed E-state index contributed by atoms with van der Waals surface area (Å²) in [5.74, 6) is 1.73. The van der Waals surface area contributed by atoms with Gasteiger partial charge >= 0.3 is 0 Å². The summed E-state index contributed by atoms with van der Waals surface area (Å²) in [7, 11) is -3.55. The van der Waals surface area contributed by atoms with Crippen LogP contribution in [0, 0.1) is 0 Å². The van der Waals surface area contributed by atoms with Gasteiger partial charge in [-0.25, -0.2) is 0 Å². The summed E-state index contributed by atoms with van der Waals surface area (Å²) < 4.78 is 6.41. The van der Waals surface area contributed by atoms with E-state index >= 15 is 0 Å². The molecule has 1 atom stereocenters.